The molecule has 0 spiro atoms. The van der Waals surface area contributed by atoms with Crippen molar-refractivity contribution in [2.45, 2.75) is 91.4 Å². The maximum Gasteiger partial charge on any atom is 0.352 e. The van der Waals surface area contributed by atoms with Crippen molar-refractivity contribution in [3.05, 3.63) is 58.9 Å². The van der Waals surface area contributed by atoms with Crippen LogP contribution in [0.15, 0.2) is 47.8 Å². The molecule has 0 bridgehead atoms. The Morgan fingerprint density at radius 2 is 1.42 bits per heavy atom. The van der Waals surface area contributed by atoms with Crippen LogP contribution < -0.4 is 19.5 Å². The molecule has 1 aliphatic rings. The topological polar surface area (TPSA) is 95.6 Å². The van der Waals surface area contributed by atoms with Crippen molar-refractivity contribution in [2.24, 2.45) is 0 Å². The monoisotopic (exact) mass is 596 g/mol. The highest BCUT2D eigenvalue weighted by molar-refractivity contribution is 6.16. The van der Waals surface area contributed by atoms with Gasteiger partial charge in [-0.2, -0.15) is 0 Å². The van der Waals surface area contributed by atoms with Crippen molar-refractivity contribution < 1.29 is 33.3 Å². The number of rotatable bonds is 14. The summed E-state index contributed by atoms with van der Waals surface area (Å²) in [5, 5.41) is 3.33. The maximum absolute atomic E-state index is 13.5. The van der Waals surface area contributed by atoms with Crippen LogP contribution in [0.25, 0.3) is 0 Å². The molecule has 1 fully saturated rings. The summed E-state index contributed by atoms with van der Waals surface area (Å²) in [6.07, 6.45) is 5.24. The standard InChI is InChI=1S/C34H48N2O7/c1-10-11-12-13-14-19-36(22-23-15-17-24(18-16-23)33(2,3)4)30(28-31(37)42-34(5,6)43-32(28)38)35-29-26(40-8)20-25(39-7)21-27(29)41-9/h15-18,20-21,35H,10-14,19,22H2,1-9H3. The first kappa shape index (κ1) is 33.6. The van der Waals surface area contributed by atoms with E-state index >= 15 is 0 Å². The summed E-state index contributed by atoms with van der Waals surface area (Å²) in [6, 6.07) is 11.8. The smallest absolute Gasteiger partial charge is 0.352 e. The van der Waals surface area contributed by atoms with Crippen LogP contribution in [-0.2, 0) is 31.0 Å². The normalized spacial score (nSPS) is 14.5. The van der Waals surface area contributed by atoms with Crippen LogP contribution in [0.2, 0.25) is 0 Å². The van der Waals surface area contributed by atoms with Gasteiger partial charge in [0.05, 0.1) is 21.3 Å². The summed E-state index contributed by atoms with van der Waals surface area (Å²) in [7, 11) is 4.61. The van der Waals surface area contributed by atoms with Crippen LogP contribution in [0.4, 0.5) is 5.69 Å². The highest BCUT2D eigenvalue weighted by Gasteiger charge is 2.42. The van der Waals surface area contributed by atoms with Gasteiger partial charge in [-0.25, -0.2) is 9.59 Å². The number of unbranched alkanes of at least 4 members (excludes halogenated alkanes) is 4. The molecular formula is C34H48N2O7. The summed E-state index contributed by atoms with van der Waals surface area (Å²) < 4.78 is 27.9. The number of hydrogen-bond acceptors (Lipinski definition) is 9. The molecule has 0 unspecified atom stereocenters. The fraction of sp³-hybridized carbons (Fsp3) is 0.529. The minimum absolute atomic E-state index is 0.01000. The van der Waals surface area contributed by atoms with Gasteiger partial charge in [0.15, 0.2) is 5.57 Å². The molecule has 236 valence electrons. The molecule has 43 heavy (non-hydrogen) atoms. The first-order valence-corrected chi connectivity index (χ1v) is 15.0. The number of nitrogens with one attached hydrogen (secondary N) is 1. The number of carbonyl (C=O) groups is 2. The Morgan fingerprint density at radius 3 is 1.91 bits per heavy atom. The molecule has 0 atom stereocenters. The second kappa shape index (κ2) is 14.5. The van der Waals surface area contributed by atoms with Crippen molar-refractivity contribution in [2.75, 3.05) is 33.2 Å². The highest BCUT2D eigenvalue weighted by atomic mass is 16.7. The van der Waals surface area contributed by atoms with E-state index in [1.807, 2.05) is 4.90 Å². The average Bonchev–Trinajstić information content (AvgIpc) is 2.94. The summed E-state index contributed by atoms with van der Waals surface area (Å²) in [5.74, 6) is -1.33. The van der Waals surface area contributed by atoms with E-state index in [-0.39, 0.29) is 16.8 Å². The molecule has 2 aromatic rings. The van der Waals surface area contributed by atoms with Gasteiger partial charge in [-0.05, 0) is 23.0 Å². The third-order valence-electron chi connectivity index (χ3n) is 7.32. The number of anilines is 1. The van der Waals surface area contributed by atoms with Crippen molar-refractivity contribution in [3.8, 4) is 17.2 Å². The van der Waals surface area contributed by atoms with Crippen LogP contribution in [0.5, 0.6) is 17.2 Å². The van der Waals surface area contributed by atoms with Crippen LogP contribution in [0, 0.1) is 0 Å². The second-order valence-corrected chi connectivity index (χ2v) is 12.2. The van der Waals surface area contributed by atoms with Crippen molar-refractivity contribution in [1.82, 2.24) is 4.90 Å². The third kappa shape index (κ3) is 8.81. The van der Waals surface area contributed by atoms with Crippen LogP contribution in [0.3, 0.4) is 0 Å². The number of methoxy groups -OCH3 is 3. The molecule has 0 radical (unpaired) electrons. The third-order valence-corrected chi connectivity index (χ3v) is 7.32. The molecule has 9 nitrogen and oxygen atoms in total. The van der Waals surface area contributed by atoms with Gasteiger partial charge in [0.1, 0.15) is 28.8 Å². The summed E-state index contributed by atoms with van der Waals surface area (Å²) >= 11 is 0. The van der Waals surface area contributed by atoms with E-state index in [0.29, 0.717) is 36.0 Å². The van der Waals surface area contributed by atoms with Gasteiger partial charge in [-0.3, -0.25) is 0 Å². The molecule has 0 amide bonds. The summed E-state index contributed by atoms with van der Waals surface area (Å²) in [4.78, 5) is 28.9. The molecule has 0 aromatic heterocycles. The number of cyclic esters (lactones) is 2. The van der Waals surface area contributed by atoms with E-state index in [4.69, 9.17) is 23.7 Å². The molecule has 1 N–H and O–H groups in total. The fourth-order valence-corrected chi connectivity index (χ4v) is 4.90. The fourth-order valence-electron chi connectivity index (χ4n) is 4.90. The van der Waals surface area contributed by atoms with Crippen LogP contribution in [0.1, 0.15) is 84.8 Å². The summed E-state index contributed by atoms with van der Waals surface area (Å²) in [6.45, 7) is 12.8. The lowest BCUT2D eigenvalue weighted by Gasteiger charge is -2.35. The van der Waals surface area contributed by atoms with Gasteiger partial charge < -0.3 is 33.9 Å². The molecular weight excluding hydrogens is 548 g/mol. The number of nitrogens with zero attached hydrogens (tertiary/aromatic N) is 1. The lowest BCUT2D eigenvalue weighted by atomic mass is 9.87. The minimum Gasteiger partial charge on any atom is -0.496 e. The van der Waals surface area contributed by atoms with Gasteiger partial charge in [-0.15, -0.1) is 0 Å². The van der Waals surface area contributed by atoms with Crippen molar-refractivity contribution >= 4 is 17.6 Å². The van der Waals surface area contributed by atoms with E-state index in [2.05, 4.69) is 57.3 Å². The van der Waals surface area contributed by atoms with Gasteiger partial charge in [0.2, 0.25) is 0 Å². The Bertz CT molecular complexity index is 1250. The van der Waals surface area contributed by atoms with Crippen molar-refractivity contribution in [1.29, 1.82) is 0 Å². The molecule has 3 rings (SSSR count). The lowest BCUT2D eigenvalue weighted by Crippen LogP contribution is -2.44. The van der Waals surface area contributed by atoms with E-state index in [9.17, 15) is 9.59 Å². The zero-order valence-electron chi connectivity index (χ0n) is 27.2. The largest absolute Gasteiger partial charge is 0.496 e. The van der Waals surface area contributed by atoms with Gasteiger partial charge >= 0.3 is 11.9 Å². The van der Waals surface area contributed by atoms with Gasteiger partial charge in [0, 0.05) is 39.1 Å². The van der Waals surface area contributed by atoms with E-state index in [0.717, 1.165) is 37.7 Å². The molecule has 0 saturated carbocycles. The van der Waals surface area contributed by atoms with Crippen molar-refractivity contribution in [3.63, 3.8) is 0 Å². The Hall–Kier alpha value is -3.88. The van der Waals surface area contributed by atoms with E-state index < -0.39 is 17.7 Å². The average molecular weight is 597 g/mol. The molecule has 0 aliphatic carbocycles. The first-order valence-electron chi connectivity index (χ1n) is 15.0. The Labute approximate surface area is 256 Å². The van der Waals surface area contributed by atoms with E-state index in [1.165, 1.54) is 33.6 Å². The minimum atomic E-state index is -1.38. The van der Waals surface area contributed by atoms with Gasteiger partial charge in [-0.1, -0.05) is 77.6 Å². The van der Waals surface area contributed by atoms with E-state index in [1.54, 1.807) is 19.2 Å². The number of hydrogen-bond donors (Lipinski definition) is 1. The number of benzene rings is 2. The number of esters is 2. The Morgan fingerprint density at radius 1 is 0.860 bits per heavy atom. The maximum atomic E-state index is 13.5. The predicted molar refractivity (Wildman–Crippen MR) is 167 cm³/mol. The number of ether oxygens (including phenoxy) is 5. The predicted octanol–water partition coefficient (Wildman–Crippen LogP) is 6.94. The van der Waals surface area contributed by atoms with Gasteiger partial charge in [0.25, 0.3) is 5.79 Å². The molecule has 1 aliphatic heterocycles. The first-order chi connectivity index (χ1) is 20.3. The zero-order chi connectivity index (χ0) is 31.8. The Kier molecular flexibility index (Phi) is 11.4. The molecule has 1 saturated heterocycles. The SMILES string of the molecule is CCCCCCCN(Cc1ccc(C(C)(C)C)cc1)C(Nc1c(OC)cc(OC)cc1OC)=C1C(=O)OC(C)(C)OC1=O. The number of carbonyl (C=O) groups excluding carboxylic acids is 2. The zero-order valence-corrected chi connectivity index (χ0v) is 27.2. The highest BCUT2D eigenvalue weighted by Crippen LogP contribution is 2.41. The Balaban J connectivity index is 2.16. The molecule has 2 aromatic carbocycles. The molecule has 1 heterocycles. The molecule has 9 heteroatoms. The second-order valence-electron chi connectivity index (χ2n) is 12.2. The summed E-state index contributed by atoms with van der Waals surface area (Å²) in [5.41, 5.74) is 2.45. The lowest BCUT2D eigenvalue weighted by molar-refractivity contribution is -0.222. The quantitative estimate of drug-likeness (QED) is 0.108. The van der Waals surface area contributed by atoms with Crippen LogP contribution in [-0.4, -0.2) is 50.5 Å². The van der Waals surface area contributed by atoms with Crippen LogP contribution >= 0.6 is 0 Å².